The average molecular weight is 225 g/mol. The van der Waals surface area contributed by atoms with Crippen molar-refractivity contribution in [1.82, 2.24) is 0 Å². The molecule has 0 amide bonds. The van der Waals surface area contributed by atoms with Gasteiger partial charge in [-0.3, -0.25) is 0 Å². The molecule has 0 atom stereocenters. The van der Waals surface area contributed by atoms with Crippen molar-refractivity contribution < 1.29 is 4.39 Å². The Balaban J connectivity index is 2.72. The van der Waals surface area contributed by atoms with Crippen LogP contribution in [0.2, 0.25) is 5.02 Å². The van der Waals surface area contributed by atoms with E-state index < -0.39 is 5.82 Å². The Labute approximate surface area is 92.9 Å². The fraction of sp³-hybridized carbons (Fsp3) is 0.364. The Hall–Kier alpha value is -1.27. The van der Waals surface area contributed by atoms with Gasteiger partial charge in [-0.1, -0.05) is 11.6 Å². The van der Waals surface area contributed by atoms with Crippen molar-refractivity contribution in [3.8, 4) is 6.07 Å². The highest BCUT2D eigenvalue weighted by atomic mass is 35.5. The Bertz CT molecular complexity index is 451. The molecule has 1 aliphatic rings. The van der Waals surface area contributed by atoms with Crippen LogP contribution in [0.1, 0.15) is 17.5 Å². The van der Waals surface area contributed by atoms with Crippen LogP contribution in [0.25, 0.3) is 0 Å². The predicted molar refractivity (Wildman–Crippen MR) is 57.7 cm³/mol. The molecule has 1 aliphatic heterocycles. The maximum atomic E-state index is 13.6. The summed E-state index contributed by atoms with van der Waals surface area (Å²) < 4.78 is 13.6. The highest BCUT2D eigenvalue weighted by molar-refractivity contribution is 6.31. The van der Waals surface area contributed by atoms with Crippen molar-refractivity contribution >= 4 is 17.3 Å². The van der Waals surface area contributed by atoms with E-state index in [0.717, 1.165) is 24.9 Å². The zero-order valence-electron chi connectivity index (χ0n) is 8.35. The van der Waals surface area contributed by atoms with E-state index >= 15 is 0 Å². The van der Waals surface area contributed by atoms with E-state index in [1.807, 2.05) is 18.0 Å². The van der Waals surface area contributed by atoms with Gasteiger partial charge in [0.25, 0.3) is 0 Å². The van der Waals surface area contributed by atoms with Gasteiger partial charge in [0.1, 0.15) is 11.6 Å². The van der Waals surface area contributed by atoms with E-state index in [9.17, 15) is 4.39 Å². The van der Waals surface area contributed by atoms with Crippen molar-refractivity contribution in [2.24, 2.45) is 0 Å². The maximum Gasteiger partial charge on any atom is 0.161 e. The number of halogens is 2. The second kappa shape index (κ2) is 3.71. The summed E-state index contributed by atoms with van der Waals surface area (Å²) in [6.07, 6.45) is 1.87. The van der Waals surface area contributed by atoms with Crippen LogP contribution in [0.3, 0.4) is 0 Å². The topological polar surface area (TPSA) is 27.0 Å². The quantitative estimate of drug-likeness (QED) is 0.678. The molecule has 0 aromatic heterocycles. The molecule has 2 rings (SSSR count). The standard InChI is InChI=1S/C11H10ClFN2/c1-15-4-2-3-7-5-9(12)10(13)8(6-14)11(7)15/h5H,2-4H2,1H3. The molecule has 0 spiro atoms. The van der Waals surface area contributed by atoms with Gasteiger partial charge in [-0.2, -0.15) is 5.26 Å². The second-order valence-corrected chi connectivity index (χ2v) is 4.10. The lowest BCUT2D eigenvalue weighted by Crippen LogP contribution is -2.26. The van der Waals surface area contributed by atoms with Crippen LogP contribution in [-0.2, 0) is 6.42 Å². The summed E-state index contributed by atoms with van der Waals surface area (Å²) in [4.78, 5) is 1.91. The molecule has 0 saturated heterocycles. The fourth-order valence-electron chi connectivity index (χ4n) is 2.02. The summed E-state index contributed by atoms with van der Waals surface area (Å²) in [6.45, 7) is 0.850. The molecule has 1 heterocycles. The number of nitriles is 1. The number of hydrogen-bond donors (Lipinski definition) is 0. The van der Waals surface area contributed by atoms with E-state index in [-0.39, 0.29) is 10.6 Å². The predicted octanol–water partition coefficient (Wildman–Crippen LogP) is 2.73. The van der Waals surface area contributed by atoms with Crippen molar-refractivity contribution in [1.29, 1.82) is 5.26 Å². The van der Waals surface area contributed by atoms with Gasteiger partial charge in [0, 0.05) is 13.6 Å². The van der Waals surface area contributed by atoms with E-state index in [0.29, 0.717) is 5.69 Å². The zero-order valence-corrected chi connectivity index (χ0v) is 9.10. The molecule has 78 valence electrons. The van der Waals surface area contributed by atoms with Crippen LogP contribution in [0.5, 0.6) is 0 Å². The summed E-state index contributed by atoms with van der Waals surface area (Å²) in [5, 5.41) is 8.98. The Morgan fingerprint density at radius 3 is 3.00 bits per heavy atom. The first-order chi connectivity index (χ1) is 7.15. The van der Waals surface area contributed by atoms with E-state index in [1.165, 1.54) is 0 Å². The lowest BCUT2D eigenvalue weighted by molar-refractivity contribution is 0.619. The lowest BCUT2D eigenvalue weighted by atomic mass is 9.98. The van der Waals surface area contributed by atoms with Crippen LogP contribution < -0.4 is 4.90 Å². The summed E-state index contributed by atoms with van der Waals surface area (Å²) in [5.41, 5.74) is 1.73. The fourth-order valence-corrected chi connectivity index (χ4v) is 2.24. The molecule has 0 radical (unpaired) electrons. The molecule has 0 bridgehead atoms. The largest absolute Gasteiger partial charge is 0.373 e. The van der Waals surface area contributed by atoms with Gasteiger partial charge in [0.15, 0.2) is 5.82 Å². The van der Waals surface area contributed by atoms with Crippen molar-refractivity contribution in [2.75, 3.05) is 18.5 Å². The van der Waals surface area contributed by atoms with Gasteiger partial charge < -0.3 is 4.90 Å². The Morgan fingerprint density at radius 1 is 1.60 bits per heavy atom. The third-order valence-corrected chi connectivity index (χ3v) is 2.98. The van der Waals surface area contributed by atoms with Crippen LogP contribution in [0.4, 0.5) is 10.1 Å². The molecule has 0 N–H and O–H groups in total. The van der Waals surface area contributed by atoms with Crippen LogP contribution in [0, 0.1) is 17.1 Å². The third kappa shape index (κ3) is 1.55. The first kappa shape index (κ1) is 10.3. The maximum absolute atomic E-state index is 13.6. The molecule has 4 heteroatoms. The number of fused-ring (bicyclic) bond motifs is 1. The lowest BCUT2D eigenvalue weighted by Gasteiger charge is -2.28. The number of hydrogen-bond acceptors (Lipinski definition) is 2. The first-order valence-electron chi connectivity index (χ1n) is 4.77. The highest BCUT2D eigenvalue weighted by Gasteiger charge is 2.22. The molecular formula is C11H10ClFN2. The van der Waals surface area contributed by atoms with E-state index in [2.05, 4.69) is 0 Å². The van der Waals surface area contributed by atoms with Gasteiger partial charge in [-0.15, -0.1) is 0 Å². The van der Waals surface area contributed by atoms with Crippen LogP contribution in [0.15, 0.2) is 6.07 Å². The smallest absolute Gasteiger partial charge is 0.161 e. The summed E-state index contributed by atoms with van der Waals surface area (Å²) in [7, 11) is 1.87. The first-order valence-corrected chi connectivity index (χ1v) is 5.15. The number of nitrogens with zero attached hydrogens (tertiary/aromatic N) is 2. The van der Waals surface area contributed by atoms with Gasteiger partial charge in [-0.25, -0.2) is 4.39 Å². The molecule has 2 nitrogen and oxygen atoms in total. The van der Waals surface area contributed by atoms with Crippen molar-refractivity contribution in [3.63, 3.8) is 0 Å². The van der Waals surface area contributed by atoms with Gasteiger partial charge in [0.2, 0.25) is 0 Å². The summed E-state index contributed by atoms with van der Waals surface area (Å²) in [5.74, 6) is -0.605. The molecular weight excluding hydrogens is 215 g/mol. The van der Waals surface area contributed by atoms with Gasteiger partial charge in [0.05, 0.1) is 10.7 Å². The molecule has 15 heavy (non-hydrogen) atoms. The molecule has 0 saturated carbocycles. The normalized spacial score (nSPS) is 14.7. The van der Waals surface area contributed by atoms with Crippen LogP contribution >= 0.6 is 11.6 Å². The summed E-state index contributed by atoms with van der Waals surface area (Å²) in [6, 6.07) is 3.52. The molecule has 1 aromatic rings. The minimum atomic E-state index is -0.605. The highest BCUT2D eigenvalue weighted by Crippen LogP contribution is 2.34. The molecule has 0 aliphatic carbocycles. The van der Waals surface area contributed by atoms with Crippen molar-refractivity contribution in [2.45, 2.75) is 12.8 Å². The van der Waals surface area contributed by atoms with Gasteiger partial charge in [-0.05, 0) is 24.5 Å². The average Bonchev–Trinajstić information content (AvgIpc) is 2.21. The van der Waals surface area contributed by atoms with Gasteiger partial charge >= 0.3 is 0 Å². The molecule has 0 fully saturated rings. The number of anilines is 1. The Morgan fingerprint density at radius 2 is 2.33 bits per heavy atom. The summed E-state index contributed by atoms with van der Waals surface area (Å²) >= 11 is 5.73. The molecule has 0 unspecified atom stereocenters. The SMILES string of the molecule is CN1CCCc2cc(Cl)c(F)c(C#N)c21. The third-order valence-electron chi connectivity index (χ3n) is 2.70. The van der Waals surface area contributed by atoms with Crippen LogP contribution in [-0.4, -0.2) is 13.6 Å². The Kier molecular flexibility index (Phi) is 2.54. The monoisotopic (exact) mass is 224 g/mol. The van der Waals surface area contributed by atoms with E-state index in [4.69, 9.17) is 16.9 Å². The van der Waals surface area contributed by atoms with E-state index in [1.54, 1.807) is 6.07 Å². The number of benzene rings is 1. The number of aryl methyl sites for hydroxylation is 1. The molecule has 1 aromatic carbocycles. The second-order valence-electron chi connectivity index (χ2n) is 3.69. The van der Waals surface area contributed by atoms with Crippen molar-refractivity contribution in [3.05, 3.63) is 28.0 Å². The minimum absolute atomic E-state index is 0.0422. The zero-order chi connectivity index (χ0) is 11.0. The minimum Gasteiger partial charge on any atom is -0.373 e. The number of rotatable bonds is 0.